The molecule has 2 aromatic rings. The van der Waals surface area contributed by atoms with E-state index in [-0.39, 0.29) is 18.2 Å². The Bertz CT molecular complexity index is 700. The van der Waals surface area contributed by atoms with Crippen molar-refractivity contribution in [3.63, 3.8) is 0 Å². The monoisotopic (exact) mass is 344 g/mol. The zero-order valence-electron chi connectivity index (χ0n) is 13.5. The fourth-order valence-electron chi connectivity index (χ4n) is 2.92. The van der Waals surface area contributed by atoms with Crippen molar-refractivity contribution in [2.45, 2.75) is 37.9 Å². The van der Waals surface area contributed by atoms with Gasteiger partial charge in [0.15, 0.2) is 0 Å². The lowest BCUT2D eigenvalue weighted by molar-refractivity contribution is -0.0640. The largest absolute Gasteiger partial charge is 0.367 e. The number of carbonyl (C=O) groups excluding carboxylic acids is 1. The molecule has 7 heteroatoms. The third-order valence-electron chi connectivity index (χ3n) is 4.33. The topological polar surface area (TPSA) is 67.4 Å². The highest BCUT2D eigenvalue weighted by Gasteiger charge is 2.30. The number of urea groups is 1. The smallest absolute Gasteiger partial charge is 0.322 e. The van der Waals surface area contributed by atoms with Crippen molar-refractivity contribution in [2.24, 2.45) is 0 Å². The highest BCUT2D eigenvalue weighted by molar-refractivity contribution is 7.07. The molecule has 2 aromatic heterocycles. The van der Waals surface area contributed by atoms with Crippen LogP contribution in [-0.2, 0) is 4.74 Å². The first-order valence-corrected chi connectivity index (χ1v) is 9.19. The summed E-state index contributed by atoms with van der Waals surface area (Å²) in [5, 5.41) is 7.00. The molecular weight excluding hydrogens is 324 g/mol. The molecule has 6 nitrogen and oxygen atoms in total. The number of anilines is 1. The highest BCUT2D eigenvalue weighted by atomic mass is 32.1. The summed E-state index contributed by atoms with van der Waals surface area (Å²) in [7, 11) is 0. The molecule has 1 aliphatic heterocycles. The SMILES string of the molecule is C[C@H]1CN(C(=O)Nc2cnc(C3CC3)nc2)C[C@H](c2ccsc2)O1. The number of nitrogens with zero attached hydrogens (tertiary/aromatic N) is 3. The Morgan fingerprint density at radius 3 is 2.79 bits per heavy atom. The minimum absolute atomic E-state index is 0.00268. The average molecular weight is 344 g/mol. The van der Waals surface area contributed by atoms with E-state index in [1.54, 1.807) is 28.6 Å². The molecule has 2 atom stereocenters. The van der Waals surface area contributed by atoms with Crippen molar-refractivity contribution < 1.29 is 9.53 Å². The van der Waals surface area contributed by atoms with Gasteiger partial charge in [-0.15, -0.1) is 0 Å². The van der Waals surface area contributed by atoms with Gasteiger partial charge in [0, 0.05) is 12.5 Å². The Hall–Kier alpha value is -1.99. The van der Waals surface area contributed by atoms with E-state index in [0.29, 0.717) is 24.7 Å². The lowest BCUT2D eigenvalue weighted by Crippen LogP contribution is -2.47. The minimum Gasteiger partial charge on any atom is -0.367 e. The van der Waals surface area contributed by atoms with E-state index in [2.05, 4.69) is 20.7 Å². The molecule has 1 saturated heterocycles. The summed E-state index contributed by atoms with van der Waals surface area (Å²) < 4.78 is 5.97. The van der Waals surface area contributed by atoms with Gasteiger partial charge in [0.05, 0.1) is 30.7 Å². The lowest BCUT2D eigenvalue weighted by Gasteiger charge is -2.36. The predicted octanol–water partition coefficient (Wildman–Crippen LogP) is 3.41. The van der Waals surface area contributed by atoms with Gasteiger partial charge in [-0.05, 0) is 42.2 Å². The lowest BCUT2D eigenvalue weighted by atomic mass is 10.1. The van der Waals surface area contributed by atoms with Gasteiger partial charge in [-0.1, -0.05) is 0 Å². The summed E-state index contributed by atoms with van der Waals surface area (Å²) in [5.41, 5.74) is 1.76. The van der Waals surface area contributed by atoms with Crippen LogP contribution in [0, 0.1) is 0 Å². The Morgan fingerprint density at radius 1 is 1.33 bits per heavy atom. The van der Waals surface area contributed by atoms with E-state index in [9.17, 15) is 4.79 Å². The van der Waals surface area contributed by atoms with Gasteiger partial charge in [0.1, 0.15) is 11.9 Å². The van der Waals surface area contributed by atoms with Crippen LogP contribution < -0.4 is 5.32 Å². The zero-order valence-corrected chi connectivity index (χ0v) is 14.3. The molecule has 0 unspecified atom stereocenters. The molecule has 0 bridgehead atoms. The number of amides is 2. The third kappa shape index (κ3) is 3.42. The molecule has 126 valence electrons. The minimum atomic E-state index is -0.131. The van der Waals surface area contributed by atoms with Gasteiger partial charge >= 0.3 is 6.03 Å². The number of ether oxygens (including phenoxy) is 1. The van der Waals surface area contributed by atoms with Crippen LogP contribution in [0.15, 0.2) is 29.2 Å². The molecule has 1 N–H and O–H groups in total. The van der Waals surface area contributed by atoms with Crippen molar-refractivity contribution >= 4 is 23.1 Å². The fraction of sp³-hybridized carbons (Fsp3) is 0.471. The van der Waals surface area contributed by atoms with Crippen LogP contribution in [0.5, 0.6) is 0 Å². The van der Waals surface area contributed by atoms with Crippen molar-refractivity contribution in [1.82, 2.24) is 14.9 Å². The van der Waals surface area contributed by atoms with Gasteiger partial charge in [-0.25, -0.2) is 14.8 Å². The number of carbonyl (C=O) groups is 1. The van der Waals surface area contributed by atoms with E-state index >= 15 is 0 Å². The van der Waals surface area contributed by atoms with Crippen LogP contribution in [0.25, 0.3) is 0 Å². The zero-order chi connectivity index (χ0) is 16.5. The molecule has 0 aromatic carbocycles. The van der Waals surface area contributed by atoms with Crippen LogP contribution in [0.1, 0.15) is 43.2 Å². The summed E-state index contributed by atoms with van der Waals surface area (Å²) in [4.78, 5) is 23.0. The Balaban J connectivity index is 1.41. The van der Waals surface area contributed by atoms with Gasteiger partial charge < -0.3 is 15.0 Å². The van der Waals surface area contributed by atoms with Crippen molar-refractivity contribution in [1.29, 1.82) is 0 Å². The van der Waals surface area contributed by atoms with Gasteiger partial charge in [0.2, 0.25) is 0 Å². The second kappa shape index (κ2) is 6.49. The second-order valence-corrected chi connectivity index (χ2v) is 7.21. The van der Waals surface area contributed by atoms with Crippen molar-refractivity contribution in [3.8, 4) is 0 Å². The molecule has 1 saturated carbocycles. The molecule has 2 amide bonds. The number of nitrogens with one attached hydrogen (secondary N) is 1. The van der Waals surface area contributed by atoms with E-state index in [4.69, 9.17) is 4.74 Å². The summed E-state index contributed by atoms with van der Waals surface area (Å²) in [6.45, 7) is 3.12. The molecular formula is C17H20N4O2S. The summed E-state index contributed by atoms with van der Waals surface area (Å²) in [6, 6.07) is 1.92. The third-order valence-corrected chi connectivity index (χ3v) is 5.03. The van der Waals surface area contributed by atoms with Crippen LogP contribution in [-0.4, -0.2) is 40.1 Å². The van der Waals surface area contributed by atoms with Crippen molar-refractivity contribution in [3.05, 3.63) is 40.6 Å². The first-order valence-electron chi connectivity index (χ1n) is 8.24. The van der Waals surface area contributed by atoms with Gasteiger partial charge in [0.25, 0.3) is 0 Å². The second-order valence-electron chi connectivity index (χ2n) is 6.43. The maximum Gasteiger partial charge on any atom is 0.322 e. The van der Waals surface area contributed by atoms with Crippen molar-refractivity contribution in [2.75, 3.05) is 18.4 Å². The summed E-state index contributed by atoms with van der Waals surface area (Å²) in [6.07, 6.45) is 5.66. The van der Waals surface area contributed by atoms with Gasteiger partial charge in [-0.2, -0.15) is 11.3 Å². The van der Waals surface area contributed by atoms with E-state index in [0.717, 1.165) is 11.4 Å². The number of rotatable bonds is 3. The molecule has 24 heavy (non-hydrogen) atoms. The normalized spacial score (nSPS) is 24.0. The first kappa shape index (κ1) is 15.5. The molecule has 4 rings (SSSR count). The van der Waals surface area contributed by atoms with Crippen LogP contribution >= 0.6 is 11.3 Å². The number of aromatic nitrogens is 2. The van der Waals surface area contributed by atoms with E-state index in [1.165, 1.54) is 12.8 Å². The molecule has 2 fully saturated rings. The first-order chi connectivity index (χ1) is 11.7. The quantitative estimate of drug-likeness (QED) is 0.926. The summed E-state index contributed by atoms with van der Waals surface area (Å²) in [5.74, 6) is 1.40. The Labute approximate surface area is 144 Å². The molecule has 1 aliphatic carbocycles. The number of morpholine rings is 1. The molecule has 0 spiro atoms. The maximum atomic E-state index is 12.6. The Kier molecular flexibility index (Phi) is 4.20. The standard InChI is InChI=1S/C17H20N4O2S/c1-11-8-21(9-15(23-11)13-4-5-24-10-13)17(22)20-14-6-18-16(19-7-14)12-2-3-12/h4-7,10-12,15H,2-3,8-9H2,1H3,(H,20,22)/t11-,15+/m0/s1. The number of thiophene rings is 1. The molecule has 2 aliphatic rings. The average Bonchev–Trinajstić information content (AvgIpc) is 3.29. The highest BCUT2D eigenvalue weighted by Crippen LogP contribution is 2.37. The molecule has 3 heterocycles. The Morgan fingerprint density at radius 2 is 2.12 bits per heavy atom. The number of hydrogen-bond acceptors (Lipinski definition) is 5. The predicted molar refractivity (Wildman–Crippen MR) is 92.2 cm³/mol. The van der Waals surface area contributed by atoms with E-state index in [1.807, 2.05) is 18.4 Å². The fourth-order valence-corrected chi connectivity index (χ4v) is 3.62. The van der Waals surface area contributed by atoms with Crippen LogP contribution in [0.4, 0.5) is 10.5 Å². The maximum absolute atomic E-state index is 12.6. The molecule has 0 radical (unpaired) electrons. The van der Waals surface area contributed by atoms with E-state index < -0.39 is 0 Å². The van der Waals surface area contributed by atoms with Crippen LogP contribution in [0.2, 0.25) is 0 Å². The van der Waals surface area contributed by atoms with Crippen LogP contribution in [0.3, 0.4) is 0 Å². The summed E-state index contributed by atoms with van der Waals surface area (Å²) >= 11 is 1.64. The number of hydrogen-bond donors (Lipinski definition) is 1. The van der Waals surface area contributed by atoms with Gasteiger partial charge in [-0.3, -0.25) is 0 Å².